The number of rotatable bonds is 3. The van der Waals surface area contributed by atoms with E-state index in [4.69, 9.17) is 9.72 Å². The Morgan fingerprint density at radius 1 is 1.26 bits per heavy atom. The Bertz CT molecular complexity index is 1340. The molecule has 2 aromatic heterocycles. The zero-order valence-corrected chi connectivity index (χ0v) is 17.2. The first-order valence-corrected chi connectivity index (χ1v) is 10.3. The summed E-state index contributed by atoms with van der Waals surface area (Å²) in [5.74, 6) is -0.994. The summed E-state index contributed by atoms with van der Waals surface area (Å²) in [6.45, 7) is 3.96. The highest BCUT2D eigenvalue weighted by atomic mass is 16.6. The summed E-state index contributed by atoms with van der Waals surface area (Å²) in [6, 6.07) is 8.99. The highest BCUT2D eigenvalue weighted by Crippen LogP contribution is 2.40. The van der Waals surface area contributed by atoms with Gasteiger partial charge in [-0.05, 0) is 25.5 Å². The van der Waals surface area contributed by atoms with Gasteiger partial charge in [0.05, 0.1) is 34.6 Å². The molecular weight excluding hydrogens is 398 g/mol. The van der Waals surface area contributed by atoms with Gasteiger partial charge in [0.2, 0.25) is 0 Å². The number of esters is 1. The van der Waals surface area contributed by atoms with Crippen molar-refractivity contribution in [1.29, 1.82) is 0 Å². The topological polar surface area (TPSA) is 111 Å². The van der Waals surface area contributed by atoms with E-state index in [1.807, 2.05) is 31.2 Å². The highest BCUT2D eigenvalue weighted by molar-refractivity contribution is 6.09. The number of carbonyl (C=O) groups is 2. The summed E-state index contributed by atoms with van der Waals surface area (Å²) in [4.78, 5) is 43.3. The molecule has 0 bridgehead atoms. The normalized spacial score (nSPS) is 18.9. The number of fused-ring (bicyclic) bond motifs is 5. The van der Waals surface area contributed by atoms with Crippen LogP contribution in [-0.4, -0.2) is 33.1 Å². The second kappa shape index (κ2) is 6.75. The average Bonchev–Trinajstić information content (AvgIpc) is 3.13. The van der Waals surface area contributed by atoms with E-state index in [2.05, 4.69) is 5.32 Å². The molecule has 2 aliphatic heterocycles. The number of carbonyl (C=O) groups excluding carboxylic acids is 2. The van der Waals surface area contributed by atoms with Crippen molar-refractivity contribution in [1.82, 2.24) is 14.9 Å². The van der Waals surface area contributed by atoms with Crippen LogP contribution in [0.5, 0.6) is 0 Å². The molecular formula is C23H21N3O5. The Hall–Kier alpha value is -3.52. The number of ether oxygens (including phenoxy) is 1. The first kappa shape index (κ1) is 19.4. The minimum absolute atomic E-state index is 0.0733. The number of hydrogen-bond acceptors (Lipinski definition) is 6. The van der Waals surface area contributed by atoms with Crippen LogP contribution in [0.1, 0.15) is 47.3 Å². The number of pyridine rings is 2. The smallest absolute Gasteiger partial charge is 0.343 e. The van der Waals surface area contributed by atoms with Crippen molar-refractivity contribution in [2.24, 2.45) is 0 Å². The Kier molecular flexibility index (Phi) is 4.23. The van der Waals surface area contributed by atoms with Crippen molar-refractivity contribution in [2.45, 2.75) is 39.0 Å². The predicted molar refractivity (Wildman–Crippen MR) is 113 cm³/mol. The molecule has 0 saturated heterocycles. The molecule has 0 fully saturated rings. The van der Waals surface area contributed by atoms with Crippen LogP contribution in [0.2, 0.25) is 0 Å². The summed E-state index contributed by atoms with van der Waals surface area (Å²) in [5.41, 5.74) is 1.04. The third kappa shape index (κ3) is 2.58. The number of aromatic nitrogens is 2. The first-order valence-electron chi connectivity index (χ1n) is 10.3. The number of benzene rings is 1. The molecule has 0 aliphatic carbocycles. The van der Waals surface area contributed by atoms with E-state index in [-0.39, 0.29) is 42.2 Å². The molecule has 2 N–H and O–H groups in total. The quantitative estimate of drug-likeness (QED) is 0.490. The van der Waals surface area contributed by atoms with Crippen LogP contribution in [0.15, 0.2) is 35.1 Å². The minimum atomic E-state index is -1.88. The molecule has 0 spiro atoms. The number of nitrogens with one attached hydrogen (secondary N) is 1. The van der Waals surface area contributed by atoms with E-state index in [0.717, 1.165) is 0 Å². The third-order valence-electron chi connectivity index (χ3n) is 6.16. The number of para-hydroxylation sites is 1. The maximum atomic E-state index is 13.3. The summed E-state index contributed by atoms with van der Waals surface area (Å²) in [5, 5.41) is 14.5. The van der Waals surface area contributed by atoms with Crippen LogP contribution in [0.25, 0.3) is 22.3 Å². The number of hydrogen-bond donors (Lipinski definition) is 2. The molecule has 5 rings (SSSR count). The molecule has 3 aromatic rings. The van der Waals surface area contributed by atoms with Crippen LogP contribution in [0.4, 0.5) is 0 Å². The molecule has 8 heteroatoms. The second-order valence-electron chi connectivity index (χ2n) is 7.79. The fourth-order valence-corrected chi connectivity index (χ4v) is 4.54. The lowest BCUT2D eigenvalue weighted by molar-refractivity contribution is -0.172. The molecule has 8 nitrogen and oxygen atoms in total. The zero-order valence-electron chi connectivity index (χ0n) is 17.2. The van der Waals surface area contributed by atoms with Crippen molar-refractivity contribution in [3.05, 3.63) is 62.9 Å². The molecule has 0 radical (unpaired) electrons. The first-order chi connectivity index (χ1) is 14.9. The van der Waals surface area contributed by atoms with Crippen molar-refractivity contribution in [3.63, 3.8) is 0 Å². The second-order valence-corrected chi connectivity index (χ2v) is 7.79. The van der Waals surface area contributed by atoms with E-state index in [1.54, 1.807) is 13.0 Å². The van der Waals surface area contributed by atoms with Gasteiger partial charge in [0.15, 0.2) is 5.60 Å². The van der Waals surface area contributed by atoms with Crippen molar-refractivity contribution in [2.75, 3.05) is 6.54 Å². The lowest BCUT2D eigenvalue weighted by Gasteiger charge is -2.31. The van der Waals surface area contributed by atoms with E-state index >= 15 is 0 Å². The highest BCUT2D eigenvalue weighted by Gasteiger charge is 2.45. The number of nitrogens with zero attached hydrogens (tertiary/aromatic N) is 2. The van der Waals surface area contributed by atoms with Gasteiger partial charge in [-0.25, -0.2) is 9.78 Å². The fourth-order valence-electron chi connectivity index (χ4n) is 4.54. The summed E-state index contributed by atoms with van der Waals surface area (Å²) >= 11 is 0. The monoisotopic (exact) mass is 419 g/mol. The molecule has 158 valence electrons. The van der Waals surface area contributed by atoms with Gasteiger partial charge >= 0.3 is 5.97 Å². The van der Waals surface area contributed by atoms with Gasteiger partial charge in [0.25, 0.3) is 11.5 Å². The van der Waals surface area contributed by atoms with Gasteiger partial charge in [-0.2, -0.15) is 0 Å². The summed E-state index contributed by atoms with van der Waals surface area (Å²) < 4.78 is 6.64. The van der Waals surface area contributed by atoms with E-state index in [9.17, 15) is 19.5 Å². The maximum Gasteiger partial charge on any atom is 0.343 e. The zero-order chi connectivity index (χ0) is 21.9. The molecule has 4 heterocycles. The Morgan fingerprint density at radius 2 is 2.03 bits per heavy atom. The lowest BCUT2D eigenvalue weighted by Crippen LogP contribution is -2.44. The average molecular weight is 419 g/mol. The van der Waals surface area contributed by atoms with E-state index < -0.39 is 11.6 Å². The Balaban J connectivity index is 1.83. The van der Waals surface area contributed by atoms with Crippen molar-refractivity contribution >= 4 is 22.8 Å². The fraction of sp³-hybridized carbons (Fsp3) is 0.304. The number of cyclic esters (lactones) is 1. The molecule has 31 heavy (non-hydrogen) atoms. The SMILES string of the molecule is CCNC(=O)c1c2c(nc3ccccc13)-c1cc3c(c(=O)n1C2)COC(=O)[C@]3(O)CC. The molecule has 1 amide bonds. The van der Waals surface area contributed by atoms with Crippen LogP contribution >= 0.6 is 0 Å². The minimum Gasteiger partial charge on any atom is -0.458 e. The number of amides is 1. The van der Waals surface area contributed by atoms with Crippen molar-refractivity contribution in [3.8, 4) is 11.4 Å². The van der Waals surface area contributed by atoms with Gasteiger partial charge in [-0.15, -0.1) is 0 Å². The van der Waals surface area contributed by atoms with E-state index in [0.29, 0.717) is 40.0 Å². The van der Waals surface area contributed by atoms with Gasteiger partial charge in [0.1, 0.15) is 6.61 Å². The van der Waals surface area contributed by atoms with Crippen molar-refractivity contribution < 1.29 is 19.4 Å². The third-order valence-corrected chi connectivity index (χ3v) is 6.16. The molecule has 2 aliphatic rings. The lowest BCUT2D eigenvalue weighted by atomic mass is 9.86. The largest absolute Gasteiger partial charge is 0.458 e. The van der Waals surface area contributed by atoms with Crippen LogP contribution in [0, 0.1) is 0 Å². The molecule has 1 aromatic carbocycles. The molecule has 0 unspecified atom stereocenters. The van der Waals surface area contributed by atoms with Gasteiger partial charge in [-0.3, -0.25) is 9.59 Å². The van der Waals surface area contributed by atoms with Gasteiger partial charge in [0, 0.05) is 23.1 Å². The maximum absolute atomic E-state index is 13.3. The summed E-state index contributed by atoms with van der Waals surface area (Å²) in [7, 11) is 0. The summed E-state index contributed by atoms with van der Waals surface area (Å²) in [6.07, 6.45) is 0.0733. The van der Waals surface area contributed by atoms with Crippen LogP contribution in [-0.2, 0) is 28.3 Å². The Morgan fingerprint density at radius 3 is 2.77 bits per heavy atom. The van der Waals surface area contributed by atoms with Crippen LogP contribution in [0.3, 0.4) is 0 Å². The molecule has 1 atom stereocenters. The van der Waals surface area contributed by atoms with Gasteiger partial charge < -0.3 is 19.7 Å². The standard InChI is InChI=1S/C23H21N3O5/c1-3-23(30)15-9-17-19-13(10-26(17)21(28)14(15)11-31-22(23)29)18(20(27)24-4-2)12-7-5-6-8-16(12)25-19/h5-9,30H,3-4,10-11H2,1-2H3,(H,24,27)/t23-/m0/s1. The molecule has 0 saturated carbocycles. The van der Waals surface area contributed by atoms with Crippen LogP contribution < -0.4 is 10.9 Å². The van der Waals surface area contributed by atoms with E-state index in [1.165, 1.54) is 4.57 Å². The Labute approximate surface area is 177 Å². The van der Waals surface area contributed by atoms with Gasteiger partial charge in [-0.1, -0.05) is 25.1 Å². The number of aliphatic hydroxyl groups is 1. The predicted octanol–water partition coefficient (Wildman–Crippen LogP) is 1.83.